The van der Waals surface area contributed by atoms with Gasteiger partial charge in [0.2, 0.25) is 0 Å². The fraction of sp³-hybridized carbons (Fsp3) is 0.125. The molecule has 5 heteroatoms. The van der Waals surface area contributed by atoms with Crippen LogP contribution in [0.4, 0.5) is 14.5 Å². The summed E-state index contributed by atoms with van der Waals surface area (Å²) in [5.41, 5.74) is 1.52. The zero-order chi connectivity index (χ0) is 14.8. The van der Waals surface area contributed by atoms with Crippen LogP contribution in [-0.2, 0) is 5.75 Å². The largest absolute Gasteiger partial charge is 0.294 e. The van der Waals surface area contributed by atoms with Crippen LogP contribution < -0.4 is 0 Å². The van der Waals surface area contributed by atoms with Gasteiger partial charge in [0.1, 0.15) is 0 Å². The number of hydrogen-bond donors (Lipinski definition) is 0. The molecule has 1 aliphatic heterocycles. The maximum Gasteiger partial charge on any atom is 0.171 e. The summed E-state index contributed by atoms with van der Waals surface area (Å²) in [6.07, 6.45) is 0.207. The number of benzene rings is 2. The van der Waals surface area contributed by atoms with E-state index in [-0.39, 0.29) is 23.5 Å². The van der Waals surface area contributed by atoms with E-state index < -0.39 is 11.6 Å². The van der Waals surface area contributed by atoms with E-state index in [2.05, 4.69) is 4.99 Å². The third-order valence-electron chi connectivity index (χ3n) is 3.19. The van der Waals surface area contributed by atoms with Crippen LogP contribution in [0.25, 0.3) is 0 Å². The first kappa shape index (κ1) is 13.9. The number of Topliss-reactive ketones (excluding diaryl/α,β-unsaturated/α-hetero) is 1. The molecule has 0 unspecified atom stereocenters. The molecule has 2 aromatic rings. The lowest BCUT2D eigenvalue weighted by Crippen LogP contribution is -2.11. The fourth-order valence-corrected chi connectivity index (χ4v) is 3.06. The molecule has 0 amide bonds. The summed E-state index contributed by atoms with van der Waals surface area (Å²) >= 11 is 1.26. The number of nitrogens with zero attached hydrogens (tertiary/aromatic N) is 1. The Morgan fingerprint density at radius 3 is 2.76 bits per heavy atom. The first-order valence-electron chi connectivity index (χ1n) is 6.40. The second-order valence-electron chi connectivity index (χ2n) is 4.62. The number of para-hydroxylation sites is 1. The third-order valence-corrected chi connectivity index (χ3v) is 4.21. The summed E-state index contributed by atoms with van der Waals surface area (Å²) in [6.45, 7) is 0. The van der Waals surface area contributed by atoms with Gasteiger partial charge in [-0.15, -0.1) is 11.8 Å². The van der Waals surface area contributed by atoms with E-state index in [1.807, 2.05) is 6.07 Å². The Labute approximate surface area is 124 Å². The van der Waals surface area contributed by atoms with Crippen LogP contribution in [-0.4, -0.2) is 10.8 Å². The van der Waals surface area contributed by atoms with Crippen molar-refractivity contribution in [3.05, 3.63) is 65.2 Å². The molecule has 3 rings (SSSR count). The molecule has 0 radical (unpaired) electrons. The number of fused-ring (bicyclic) bond motifs is 1. The summed E-state index contributed by atoms with van der Waals surface area (Å²) in [7, 11) is 0. The van der Waals surface area contributed by atoms with Crippen LogP contribution in [0.5, 0.6) is 0 Å². The average molecular weight is 303 g/mol. The van der Waals surface area contributed by atoms with Crippen molar-refractivity contribution in [2.24, 2.45) is 4.99 Å². The van der Waals surface area contributed by atoms with E-state index >= 15 is 0 Å². The number of carbonyl (C=O) groups excluding carboxylic acids is 1. The van der Waals surface area contributed by atoms with E-state index in [1.165, 1.54) is 23.9 Å². The van der Waals surface area contributed by atoms with Crippen molar-refractivity contribution in [3.63, 3.8) is 0 Å². The maximum absolute atomic E-state index is 13.6. The normalized spacial score (nSPS) is 13.8. The number of hydrogen-bond acceptors (Lipinski definition) is 3. The van der Waals surface area contributed by atoms with E-state index in [4.69, 9.17) is 0 Å². The molecule has 1 heterocycles. The summed E-state index contributed by atoms with van der Waals surface area (Å²) < 4.78 is 26.7. The minimum absolute atomic E-state index is 0.00261. The maximum atomic E-state index is 13.6. The molecule has 0 N–H and O–H groups in total. The number of carbonyl (C=O) groups is 1. The predicted octanol–water partition coefficient (Wildman–Crippen LogP) is 4.51. The summed E-state index contributed by atoms with van der Waals surface area (Å²) in [4.78, 5) is 16.4. The Hall–Kier alpha value is -2.01. The second kappa shape index (κ2) is 5.77. The zero-order valence-corrected chi connectivity index (χ0v) is 11.8. The molecular formula is C16H11F2NOS. The van der Waals surface area contributed by atoms with Gasteiger partial charge in [-0.1, -0.05) is 24.3 Å². The first-order chi connectivity index (χ1) is 10.1. The lowest BCUT2D eigenvalue weighted by molar-refractivity contribution is 0.100. The number of ketones is 1. The molecule has 0 aliphatic carbocycles. The van der Waals surface area contributed by atoms with Crippen LogP contribution in [0.3, 0.4) is 0 Å². The molecule has 0 fully saturated rings. The van der Waals surface area contributed by atoms with Crippen molar-refractivity contribution in [2.45, 2.75) is 12.2 Å². The highest BCUT2D eigenvalue weighted by Gasteiger charge is 2.20. The van der Waals surface area contributed by atoms with Crippen molar-refractivity contribution in [3.8, 4) is 0 Å². The molecule has 0 atom stereocenters. The van der Waals surface area contributed by atoms with Gasteiger partial charge >= 0.3 is 0 Å². The molecule has 2 aromatic carbocycles. The van der Waals surface area contributed by atoms with E-state index in [0.29, 0.717) is 16.3 Å². The third kappa shape index (κ3) is 2.88. The highest BCUT2D eigenvalue weighted by Crippen LogP contribution is 2.30. The van der Waals surface area contributed by atoms with Crippen molar-refractivity contribution in [1.29, 1.82) is 0 Å². The van der Waals surface area contributed by atoms with Gasteiger partial charge in [-0.25, -0.2) is 13.8 Å². The van der Waals surface area contributed by atoms with Gasteiger partial charge in [0.25, 0.3) is 0 Å². The monoisotopic (exact) mass is 303 g/mol. The lowest BCUT2D eigenvalue weighted by Gasteiger charge is -2.14. The van der Waals surface area contributed by atoms with Gasteiger partial charge in [-0.3, -0.25) is 4.79 Å². The molecule has 0 saturated heterocycles. The number of halogens is 2. The Balaban J connectivity index is 1.79. The van der Waals surface area contributed by atoms with Crippen LogP contribution in [0.2, 0.25) is 0 Å². The number of rotatable bonds is 2. The second-order valence-corrected chi connectivity index (χ2v) is 5.67. The van der Waals surface area contributed by atoms with Crippen molar-refractivity contribution in [1.82, 2.24) is 0 Å². The smallest absolute Gasteiger partial charge is 0.171 e. The molecule has 0 spiro atoms. The van der Waals surface area contributed by atoms with Gasteiger partial charge < -0.3 is 0 Å². The van der Waals surface area contributed by atoms with Crippen LogP contribution in [0, 0.1) is 11.6 Å². The Kier molecular flexibility index (Phi) is 3.84. The Morgan fingerprint density at radius 1 is 1.10 bits per heavy atom. The number of aliphatic imine (C=N–C) groups is 1. The van der Waals surface area contributed by atoms with Gasteiger partial charge in [0.15, 0.2) is 17.4 Å². The highest BCUT2D eigenvalue weighted by atomic mass is 32.2. The summed E-state index contributed by atoms with van der Waals surface area (Å²) in [5, 5.41) is 0.627. The van der Waals surface area contributed by atoms with Crippen LogP contribution >= 0.6 is 11.8 Å². The molecule has 0 aromatic heterocycles. The predicted molar refractivity (Wildman–Crippen MR) is 80.1 cm³/mol. The van der Waals surface area contributed by atoms with Crippen molar-refractivity contribution < 1.29 is 13.6 Å². The van der Waals surface area contributed by atoms with Crippen LogP contribution in [0.15, 0.2) is 47.5 Å². The summed E-state index contributed by atoms with van der Waals surface area (Å²) in [5.74, 6) is -1.45. The van der Waals surface area contributed by atoms with E-state index in [1.54, 1.807) is 18.2 Å². The highest BCUT2D eigenvalue weighted by molar-refractivity contribution is 8.13. The standard InChI is InChI=1S/C16H11F2NOS/c17-12-6-3-4-10(16(12)18)9-21-15-8-14(20)11-5-1-2-7-13(11)19-15/h1-7H,8-9H2. The molecule has 21 heavy (non-hydrogen) atoms. The molecule has 2 nitrogen and oxygen atoms in total. The van der Waals surface area contributed by atoms with Gasteiger partial charge in [0, 0.05) is 16.9 Å². The Morgan fingerprint density at radius 2 is 1.90 bits per heavy atom. The SMILES string of the molecule is O=C1CC(SCc2cccc(F)c2F)=Nc2ccccc21. The first-order valence-corrected chi connectivity index (χ1v) is 7.39. The lowest BCUT2D eigenvalue weighted by atomic mass is 10.0. The molecule has 0 bridgehead atoms. The Bertz CT molecular complexity index is 743. The van der Waals surface area contributed by atoms with Gasteiger partial charge in [-0.05, 0) is 18.2 Å². The molecule has 0 saturated carbocycles. The average Bonchev–Trinajstić information content (AvgIpc) is 2.49. The van der Waals surface area contributed by atoms with Gasteiger partial charge in [0.05, 0.1) is 17.2 Å². The fourth-order valence-electron chi connectivity index (χ4n) is 2.12. The molecule has 1 aliphatic rings. The minimum Gasteiger partial charge on any atom is -0.294 e. The van der Waals surface area contributed by atoms with Gasteiger partial charge in [-0.2, -0.15) is 0 Å². The van der Waals surface area contributed by atoms with Crippen LogP contribution in [0.1, 0.15) is 22.3 Å². The van der Waals surface area contributed by atoms with Crippen molar-refractivity contribution in [2.75, 3.05) is 0 Å². The minimum atomic E-state index is -0.861. The summed E-state index contributed by atoms with van der Waals surface area (Å²) in [6, 6.07) is 11.2. The molecular weight excluding hydrogens is 292 g/mol. The zero-order valence-electron chi connectivity index (χ0n) is 11.0. The molecule has 106 valence electrons. The van der Waals surface area contributed by atoms with E-state index in [9.17, 15) is 13.6 Å². The van der Waals surface area contributed by atoms with Crippen molar-refractivity contribution >= 4 is 28.3 Å². The topological polar surface area (TPSA) is 29.4 Å². The number of thioether (sulfide) groups is 1. The quantitative estimate of drug-likeness (QED) is 0.816. The van der Waals surface area contributed by atoms with E-state index in [0.717, 1.165) is 6.07 Å².